The maximum absolute atomic E-state index is 12.6. The Kier molecular flexibility index (Phi) is 6.21. The van der Waals surface area contributed by atoms with Crippen molar-refractivity contribution in [2.45, 2.75) is 20.0 Å². The molecule has 3 amide bonds. The second-order valence-corrected chi connectivity index (χ2v) is 6.77. The van der Waals surface area contributed by atoms with E-state index >= 15 is 0 Å². The number of aromatic nitrogens is 2. The van der Waals surface area contributed by atoms with E-state index in [0.717, 1.165) is 11.1 Å². The van der Waals surface area contributed by atoms with Crippen LogP contribution in [0, 0.1) is 6.92 Å². The first kappa shape index (κ1) is 20.7. The highest BCUT2D eigenvalue weighted by Crippen LogP contribution is 2.11. The van der Waals surface area contributed by atoms with Crippen molar-refractivity contribution in [1.29, 1.82) is 0 Å². The third-order valence-corrected chi connectivity index (χ3v) is 4.50. The van der Waals surface area contributed by atoms with E-state index in [1.165, 1.54) is 10.9 Å². The van der Waals surface area contributed by atoms with Gasteiger partial charge in [-0.2, -0.15) is 0 Å². The molecule has 1 aromatic heterocycles. The summed E-state index contributed by atoms with van der Waals surface area (Å²) in [7, 11) is 0. The summed E-state index contributed by atoms with van der Waals surface area (Å²) >= 11 is 0. The summed E-state index contributed by atoms with van der Waals surface area (Å²) in [6, 6.07) is 11.9. The molecule has 0 saturated heterocycles. The molecule has 3 rings (SSSR count). The lowest BCUT2D eigenvalue weighted by molar-refractivity contribution is -0.122. The van der Waals surface area contributed by atoms with E-state index < -0.39 is 11.8 Å². The van der Waals surface area contributed by atoms with Gasteiger partial charge in [-0.1, -0.05) is 24.3 Å². The van der Waals surface area contributed by atoms with Crippen LogP contribution in [0.5, 0.6) is 0 Å². The second-order valence-electron chi connectivity index (χ2n) is 6.77. The molecule has 9 heteroatoms. The molecular weight excluding hydrogens is 386 g/mol. The summed E-state index contributed by atoms with van der Waals surface area (Å²) < 4.78 is 1.27. The van der Waals surface area contributed by atoms with Crippen LogP contribution in [0.2, 0.25) is 0 Å². The van der Waals surface area contributed by atoms with Gasteiger partial charge in [0.05, 0.1) is 23.8 Å². The molecular formula is C21H21N5O4. The molecule has 0 unspecified atom stereocenters. The number of aryl methyl sites for hydroxylation is 1. The smallest absolute Gasteiger partial charge is 0.261 e. The lowest BCUT2D eigenvalue weighted by Crippen LogP contribution is -2.33. The predicted molar refractivity (Wildman–Crippen MR) is 111 cm³/mol. The lowest BCUT2D eigenvalue weighted by atomic mass is 10.1. The molecule has 0 atom stereocenters. The lowest BCUT2D eigenvalue weighted by Gasteiger charge is -2.09. The van der Waals surface area contributed by atoms with Crippen molar-refractivity contribution in [3.63, 3.8) is 0 Å². The maximum Gasteiger partial charge on any atom is 0.261 e. The molecule has 0 fully saturated rings. The normalized spacial score (nSPS) is 10.6. The number of amides is 3. The number of carbonyl (C=O) groups is 3. The molecule has 2 aromatic carbocycles. The summed E-state index contributed by atoms with van der Waals surface area (Å²) in [5.74, 6) is -1.38. The van der Waals surface area contributed by atoms with Crippen LogP contribution in [0.15, 0.2) is 53.6 Å². The van der Waals surface area contributed by atoms with Crippen molar-refractivity contribution in [3.8, 4) is 0 Å². The first-order valence-electron chi connectivity index (χ1n) is 9.22. The standard InChI is InChI=1S/C21H21N5O4/c1-13-3-2-4-16-19(13)25-12-26(21(16)30)11-18(28)23-9-14-5-7-15(8-6-14)20(29)24-10-17(22)27/h2-8,12H,9-11H2,1H3,(H2,22,27)(H,23,28)(H,24,29). The third kappa shape index (κ3) is 4.88. The number of nitrogens with two attached hydrogens (primary N) is 1. The Morgan fingerprint density at radius 2 is 1.80 bits per heavy atom. The fraction of sp³-hybridized carbons (Fsp3) is 0.190. The van der Waals surface area contributed by atoms with Crippen molar-refractivity contribution in [1.82, 2.24) is 20.2 Å². The number of benzene rings is 2. The SMILES string of the molecule is Cc1cccc2c(=O)n(CC(=O)NCc3ccc(C(=O)NCC(N)=O)cc3)cnc12. The number of nitrogens with one attached hydrogen (secondary N) is 2. The number of nitrogens with zero attached hydrogens (tertiary/aromatic N) is 2. The summed E-state index contributed by atoms with van der Waals surface area (Å²) in [5.41, 5.74) is 7.38. The van der Waals surface area contributed by atoms with Gasteiger partial charge >= 0.3 is 0 Å². The van der Waals surface area contributed by atoms with Gasteiger partial charge in [0, 0.05) is 12.1 Å². The van der Waals surface area contributed by atoms with E-state index in [0.29, 0.717) is 16.5 Å². The fourth-order valence-corrected chi connectivity index (χ4v) is 2.90. The molecule has 30 heavy (non-hydrogen) atoms. The number of carbonyl (C=O) groups excluding carboxylic acids is 3. The van der Waals surface area contributed by atoms with E-state index in [4.69, 9.17) is 5.73 Å². The predicted octanol–water partition coefficient (Wildman–Crippen LogP) is 0.236. The number of fused-ring (bicyclic) bond motifs is 1. The van der Waals surface area contributed by atoms with Crippen LogP contribution in [0.3, 0.4) is 0 Å². The molecule has 9 nitrogen and oxygen atoms in total. The number of hydrogen-bond donors (Lipinski definition) is 3. The van der Waals surface area contributed by atoms with Crippen LogP contribution in [0.1, 0.15) is 21.5 Å². The largest absolute Gasteiger partial charge is 0.368 e. The Morgan fingerprint density at radius 3 is 2.50 bits per heavy atom. The monoisotopic (exact) mass is 407 g/mol. The minimum Gasteiger partial charge on any atom is -0.368 e. The molecule has 0 radical (unpaired) electrons. The average molecular weight is 407 g/mol. The average Bonchev–Trinajstić information content (AvgIpc) is 2.73. The molecule has 154 valence electrons. The van der Waals surface area contributed by atoms with E-state index in [1.54, 1.807) is 36.4 Å². The van der Waals surface area contributed by atoms with Crippen molar-refractivity contribution < 1.29 is 14.4 Å². The second kappa shape index (κ2) is 8.99. The van der Waals surface area contributed by atoms with Gasteiger partial charge in [0.25, 0.3) is 11.5 Å². The van der Waals surface area contributed by atoms with Gasteiger partial charge in [-0.25, -0.2) is 4.98 Å². The van der Waals surface area contributed by atoms with Crippen LogP contribution >= 0.6 is 0 Å². The Balaban J connectivity index is 1.59. The van der Waals surface area contributed by atoms with Gasteiger partial charge in [-0.15, -0.1) is 0 Å². The van der Waals surface area contributed by atoms with Crippen LogP contribution < -0.4 is 21.9 Å². The molecule has 3 aromatic rings. The van der Waals surface area contributed by atoms with Crippen LogP contribution in [0.25, 0.3) is 10.9 Å². The zero-order valence-corrected chi connectivity index (χ0v) is 16.3. The van der Waals surface area contributed by atoms with E-state index in [9.17, 15) is 19.2 Å². The molecule has 0 bridgehead atoms. The minimum atomic E-state index is -0.626. The third-order valence-electron chi connectivity index (χ3n) is 4.50. The summed E-state index contributed by atoms with van der Waals surface area (Å²) in [5, 5.41) is 5.60. The molecule has 0 aliphatic carbocycles. The fourth-order valence-electron chi connectivity index (χ4n) is 2.90. The Hall–Kier alpha value is -4.01. The zero-order chi connectivity index (χ0) is 21.7. The number of para-hydroxylation sites is 1. The molecule has 0 aliphatic heterocycles. The van der Waals surface area contributed by atoms with Crippen molar-refractivity contribution in [2.24, 2.45) is 5.73 Å². The number of rotatable bonds is 7. The molecule has 1 heterocycles. The highest BCUT2D eigenvalue weighted by atomic mass is 16.2. The van der Waals surface area contributed by atoms with Gasteiger partial charge in [0.15, 0.2) is 0 Å². The van der Waals surface area contributed by atoms with Crippen molar-refractivity contribution >= 4 is 28.6 Å². The molecule has 4 N–H and O–H groups in total. The molecule has 0 aliphatic rings. The highest BCUT2D eigenvalue weighted by molar-refractivity contribution is 5.96. The summed E-state index contributed by atoms with van der Waals surface area (Å²) in [6.07, 6.45) is 1.37. The first-order valence-corrected chi connectivity index (χ1v) is 9.22. The Morgan fingerprint density at radius 1 is 1.07 bits per heavy atom. The van der Waals surface area contributed by atoms with E-state index in [2.05, 4.69) is 15.6 Å². The van der Waals surface area contributed by atoms with Crippen molar-refractivity contribution in [3.05, 3.63) is 75.8 Å². The Labute approximate surface area is 171 Å². The number of primary amides is 1. The first-order chi connectivity index (χ1) is 14.3. The van der Waals surface area contributed by atoms with E-state index in [-0.39, 0.29) is 31.1 Å². The summed E-state index contributed by atoms with van der Waals surface area (Å²) in [6.45, 7) is 1.72. The van der Waals surface area contributed by atoms with Crippen LogP contribution in [-0.2, 0) is 22.7 Å². The van der Waals surface area contributed by atoms with Crippen molar-refractivity contribution in [2.75, 3.05) is 6.54 Å². The molecule has 0 saturated carbocycles. The van der Waals surface area contributed by atoms with E-state index in [1.807, 2.05) is 13.0 Å². The minimum absolute atomic E-state index is 0.149. The molecule has 0 spiro atoms. The summed E-state index contributed by atoms with van der Waals surface area (Å²) in [4.78, 5) is 51.7. The highest BCUT2D eigenvalue weighted by Gasteiger charge is 2.10. The van der Waals surface area contributed by atoms with Gasteiger partial charge < -0.3 is 16.4 Å². The van der Waals surface area contributed by atoms with Gasteiger partial charge in [0.1, 0.15) is 6.54 Å². The van der Waals surface area contributed by atoms with Crippen LogP contribution in [0.4, 0.5) is 0 Å². The van der Waals surface area contributed by atoms with Gasteiger partial charge in [-0.3, -0.25) is 23.7 Å². The van der Waals surface area contributed by atoms with Crippen LogP contribution in [-0.4, -0.2) is 33.8 Å². The zero-order valence-electron chi connectivity index (χ0n) is 16.3. The maximum atomic E-state index is 12.6. The van der Waals surface area contributed by atoms with Gasteiger partial charge in [-0.05, 0) is 36.2 Å². The quantitative estimate of drug-likeness (QED) is 0.515. The number of hydrogen-bond acceptors (Lipinski definition) is 5. The Bertz CT molecular complexity index is 1170. The topological polar surface area (TPSA) is 136 Å². The van der Waals surface area contributed by atoms with Gasteiger partial charge in [0.2, 0.25) is 11.8 Å².